The number of nitrogens with zero attached hydrogens (tertiary/aromatic N) is 2. The van der Waals surface area contributed by atoms with E-state index in [1.54, 1.807) is 42.7 Å². The van der Waals surface area contributed by atoms with Gasteiger partial charge in [-0.3, -0.25) is 0 Å². The summed E-state index contributed by atoms with van der Waals surface area (Å²) in [7, 11) is 0. The number of rotatable bonds is 8. The van der Waals surface area contributed by atoms with Crippen molar-refractivity contribution >= 4 is 61.9 Å². The van der Waals surface area contributed by atoms with Gasteiger partial charge in [-0.2, -0.15) is 0 Å². The Bertz CT molecular complexity index is 2290. The summed E-state index contributed by atoms with van der Waals surface area (Å²) in [5, 5.41) is 3.54. The molecule has 0 aliphatic carbocycles. The van der Waals surface area contributed by atoms with Crippen molar-refractivity contribution in [1.29, 1.82) is 0 Å². The van der Waals surface area contributed by atoms with Crippen LogP contribution in [-0.4, -0.2) is 28.3 Å². The summed E-state index contributed by atoms with van der Waals surface area (Å²) >= 11 is 8.41. The zero-order valence-electron chi connectivity index (χ0n) is 27.0. The molecule has 0 spiro atoms. The fourth-order valence-electron chi connectivity index (χ4n) is 6.80. The summed E-state index contributed by atoms with van der Waals surface area (Å²) < 4.78 is 101. The third-order valence-electron chi connectivity index (χ3n) is 8.88. The van der Waals surface area contributed by atoms with Gasteiger partial charge in [-0.25, -0.2) is 0 Å². The van der Waals surface area contributed by atoms with Gasteiger partial charge in [0.1, 0.15) is 0 Å². The summed E-state index contributed by atoms with van der Waals surface area (Å²) in [5.74, 6) is -6.78. The molecular formula is C39H28F6N2ORuS2+. The minimum atomic E-state index is -1.38. The molecule has 0 N–H and O–H groups in total. The number of hydrogen-bond acceptors (Lipinski definition) is 5. The Morgan fingerprint density at radius 2 is 1.35 bits per heavy atom. The van der Waals surface area contributed by atoms with Gasteiger partial charge in [0, 0.05) is 0 Å². The van der Waals surface area contributed by atoms with Crippen molar-refractivity contribution in [1.82, 2.24) is 0 Å². The van der Waals surface area contributed by atoms with E-state index in [9.17, 15) is 8.78 Å². The number of anilines is 2. The number of thiol groups is 1. The third-order valence-corrected chi connectivity index (χ3v) is 11.2. The van der Waals surface area contributed by atoms with Gasteiger partial charge in [0.15, 0.2) is 0 Å². The SMILES string of the molecule is CC1(C)CN(c2c(F)cc(F)cc2F)[C@H]([C@H](Oc2ccccc2[CH]=[Ru+])Sc2c(S)ccc3ccc4ccccc4c23)N1c1c(F)cc(F)cc1F. The Morgan fingerprint density at radius 1 is 0.784 bits per heavy atom. The summed E-state index contributed by atoms with van der Waals surface area (Å²) in [6, 6.07) is 24.7. The van der Waals surface area contributed by atoms with Gasteiger partial charge in [-0.05, 0) is 0 Å². The number of fused-ring (bicyclic) bond motifs is 3. The molecule has 261 valence electrons. The van der Waals surface area contributed by atoms with E-state index in [2.05, 4.69) is 17.9 Å². The van der Waals surface area contributed by atoms with Crippen LogP contribution in [0, 0.1) is 34.9 Å². The maximum absolute atomic E-state index is 15.9. The van der Waals surface area contributed by atoms with E-state index in [1.807, 2.05) is 48.5 Å². The van der Waals surface area contributed by atoms with E-state index in [0.29, 0.717) is 45.4 Å². The Kier molecular flexibility index (Phi) is 9.63. The van der Waals surface area contributed by atoms with Gasteiger partial charge in [0.05, 0.1) is 0 Å². The zero-order valence-corrected chi connectivity index (χ0v) is 30.4. The molecule has 1 fully saturated rings. The molecule has 0 aromatic heterocycles. The van der Waals surface area contributed by atoms with Crippen LogP contribution in [0.1, 0.15) is 19.4 Å². The average molecular weight is 820 g/mol. The minimum absolute atomic E-state index is 0.196. The molecule has 6 aromatic carbocycles. The Hall–Kier alpha value is -3.99. The first-order valence-corrected chi connectivity index (χ1v) is 18.0. The van der Waals surface area contributed by atoms with Crippen molar-refractivity contribution in [3.8, 4) is 5.75 Å². The molecule has 1 aliphatic rings. The third kappa shape index (κ3) is 6.51. The quantitative estimate of drug-likeness (QED) is 0.0411. The first kappa shape index (κ1) is 35.4. The molecular weight excluding hydrogens is 792 g/mol. The van der Waals surface area contributed by atoms with Crippen molar-refractivity contribution in [3.05, 3.63) is 138 Å². The summed E-state index contributed by atoms with van der Waals surface area (Å²) in [4.78, 5) is 3.80. The van der Waals surface area contributed by atoms with Crippen LogP contribution in [0.25, 0.3) is 21.5 Å². The van der Waals surface area contributed by atoms with Gasteiger partial charge in [-0.15, -0.1) is 0 Å². The molecule has 0 amide bonds. The van der Waals surface area contributed by atoms with Crippen molar-refractivity contribution in [2.24, 2.45) is 0 Å². The number of hydrogen-bond donors (Lipinski definition) is 1. The second-order valence-electron chi connectivity index (χ2n) is 12.7. The van der Waals surface area contributed by atoms with Gasteiger partial charge in [-0.1, -0.05) is 0 Å². The topological polar surface area (TPSA) is 15.7 Å². The van der Waals surface area contributed by atoms with Gasteiger partial charge in [0.2, 0.25) is 0 Å². The average Bonchev–Trinajstić information content (AvgIpc) is 3.34. The monoisotopic (exact) mass is 820 g/mol. The predicted molar refractivity (Wildman–Crippen MR) is 191 cm³/mol. The first-order valence-electron chi connectivity index (χ1n) is 15.7. The first-order chi connectivity index (χ1) is 24.4. The van der Waals surface area contributed by atoms with E-state index in [-0.39, 0.29) is 6.54 Å². The molecule has 7 rings (SSSR count). The molecule has 0 unspecified atom stereocenters. The molecule has 1 aliphatic heterocycles. The van der Waals surface area contributed by atoms with Crippen LogP contribution in [0.4, 0.5) is 37.7 Å². The molecule has 3 nitrogen and oxygen atoms in total. The van der Waals surface area contributed by atoms with Crippen LogP contribution in [0.15, 0.2) is 107 Å². The predicted octanol–water partition coefficient (Wildman–Crippen LogP) is 10.4. The van der Waals surface area contributed by atoms with Gasteiger partial charge < -0.3 is 0 Å². The molecule has 12 heteroatoms. The molecule has 1 heterocycles. The van der Waals surface area contributed by atoms with E-state index >= 15 is 17.6 Å². The van der Waals surface area contributed by atoms with E-state index < -0.39 is 63.4 Å². The van der Waals surface area contributed by atoms with E-state index in [1.165, 1.54) is 9.80 Å². The van der Waals surface area contributed by atoms with Crippen molar-refractivity contribution in [2.45, 2.75) is 40.8 Å². The van der Waals surface area contributed by atoms with Crippen molar-refractivity contribution in [3.63, 3.8) is 0 Å². The Balaban J connectivity index is 1.53. The molecule has 0 saturated carbocycles. The normalized spacial score (nSPS) is 16.2. The molecule has 6 aromatic rings. The number of benzene rings is 6. The Morgan fingerprint density at radius 3 is 2.02 bits per heavy atom. The van der Waals surface area contributed by atoms with Crippen molar-refractivity contribution in [2.75, 3.05) is 16.3 Å². The van der Waals surface area contributed by atoms with Crippen LogP contribution >= 0.6 is 24.4 Å². The van der Waals surface area contributed by atoms with Crippen LogP contribution in [0.2, 0.25) is 0 Å². The number of para-hydroxylation sites is 1. The van der Waals surface area contributed by atoms with Crippen LogP contribution < -0.4 is 14.5 Å². The molecule has 0 radical (unpaired) electrons. The summed E-state index contributed by atoms with van der Waals surface area (Å²) in [6.45, 7) is 3.09. The number of ether oxygens (including phenoxy) is 1. The molecule has 0 bridgehead atoms. The van der Waals surface area contributed by atoms with Crippen LogP contribution in [0.3, 0.4) is 0 Å². The maximum atomic E-state index is 15.9. The van der Waals surface area contributed by atoms with Crippen molar-refractivity contribution < 1.29 is 48.9 Å². The van der Waals surface area contributed by atoms with Gasteiger partial charge >= 0.3 is 311 Å². The van der Waals surface area contributed by atoms with E-state index in [4.69, 9.17) is 17.4 Å². The summed E-state index contributed by atoms with van der Waals surface area (Å²) in [6.07, 6.45) is -1.38. The molecule has 51 heavy (non-hydrogen) atoms. The summed E-state index contributed by atoms with van der Waals surface area (Å²) in [5.41, 5.74) is -3.06. The fourth-order valence-corrected chi connectivity index (χ4v) is 8.87. The van der Waals surface area contributed by atoms with Gasteiger partial charge in [0.25, 0.3) is 0 Å². The fraction of sp³-hybridized carbons (Fsp3) is 0.154. The Labute approximate surface area is 309 Å². The van der Waals surface area contributed by atoms with Crippen LogP contribution in [0.5, 0.6) is 5.75 Å². The molecule has 1 saturated heterocycles. The molecule has 2 atom stereocenters. The van der Waals surface area contributed by atoms with E-state index in [0.717, 1.165) is 33.3 Å². The number of thioether (sulfide) groups is 1. The van der Waals surface area contributed by atoms with Crippen LogP contribution in [-0.2, 0) is 17.9 Å². The second kappa shape index (κ2) is 13.9. The number of halogens is 6. The zero-order chi connectivity index (χ0) is 36.2. The second-order valence-corrected chi connectivity index (χ2v) is 14.8. The standard InChI is InChI=1S/C39H28F6N2OS2.Ru/c1-21-8-4-7-11-31(21)48-38(50-36-32(49)15-14-23-13-12-22-9-5-6-10-26(22)33(23)36)37-46(34-27(42)16-24(40)17-28(34)43)20-39(2,3)47(37)35-29(44)18-25(41)19-30(35)45;/h1,4-19,37-38,49H,20H2,2-3H3;/q;+1/t37-,38+;/m0./s1.